The van der Waals surface area contributed by atoms with Crippen LogP contribution in [0.3, 0.4) is 0 Å². The predicted octanol–water partition coefficient (Wildman–Crippen LogP) is 2.02. The Kier molecular flexibility index (Phi) is 5.40. The standard InChI is InChI=1S/C14H27N3O2S/c1-6-7-17-10-13(8-12(17)9-15)20(18,19)16(5)11-14(2,3)4/h8,10H,6-7,9,11,15H2,1-5H3. The van der Waals surface area contributed by atoms with Gasteiger partial charge in [-0.25, -0.2) is 12.7 Å². The van der Waals surface area contributed by atoms with Gasteiger partial charge in [0.15, 0.2) is 0 Å². The Balaban J connectivity index is 3.09. The number of aromatic nitrogens is 1. The van der Waals surface area contributed by atoms with Crippen molar-refractivity contribution in [2.75, 3.05) is 13.6 Å². The van der Waals surface area contributed by atoms with E-state index in [9.17, 15) is 8.42 Å². The van der Waals surface area contributed by atoms with E-state index in [1.165, 1.54) is 4.31 Å². The number of rotatable bonds is 6. The fourth-order valence-corrected chi connectivity index (χ4v) is 3.68. The summed E-state index contributed by atoms with van der Waals surface area (Å²) in [5, 5.41) is 0. The number of sulfonamides is 1. The highest BCUT2D eigenvalue weighted by Gasteiger charge is 2.26. The Bertz CT molecular complexity index is 541. The first-order valence-corrected chi connectivity index (χ1v) is 8.41. The fraction of sp³-hybridized carbons (Fsp3) is 0.714. The highest BCUT2D eigenvalue weighted by atomic mass is 32.2. The Morgan fingerprint density at radius 1 is 1.35 bits per heavy atom. The second-order valence-electron chi connectivity index (χ2n) is 6.39. The van der Waals surface area contributed by atoms with Gasteiger partial charge in [0.05, 0.1) is 0 Å². The summed E-state index contributed by atoms with van der Waals surface area (Å²) >= 11 is 0. The molecule has 0 aliphatic rings. The molecule has 0 aliphatic carbocycles. The van der Waals surface area contributed by atoms with Crippen LogP contribution in [0.4, 0.5) is 0 Å². The highest BCUT2D eigenvalue weighted by Crippen LogP contribution is 2.22. The van der Waals surface area contributed by atoms with Crippen LogP contribution in [0.2, 0.25) is 0 Å². The van der Waals surface area contributed by atoms with Gasteiger partial charge in [-0.3, -0.25) is 0 Å². The third-order valence-electron chi connectivity index (χ3n) is 3.04. The molecule has 0 unspecified atom stereocenters. The molecule has 0 fully saturated rings. The Hall–Kier alpha value is -0.850. The van der Waals surface area contributed by atoms with Crippen LogP contribution in [0.1, 0.15) is 39.8 Å². The van der Waals surface area contributed by atoms with Gasteiger partial charge in [-0.2, -0.15) is 0 Å². The summed E-state index contributed by atoms with van der Waals surface area (Å²) in [4.78, 5) is 0.332. The lowest BCUT2D eigenvalue weighted by Gasteiger charge is -2.25. The molecular formula is C14H27N3O2S. The Morgan fingerprint density at radius 3 is 2.40 bits per heavy atom. The number of hydrogen-bond acceptors (Lipinski definition) is 3. The van der Waals surface area contributed by atoms with E-state index in [0.29, 0.717) is 18.0 Å². The minimum Gasteiger partial charge on any atom is -0.349 e. The van der Waals surface area contributed by atoms with Crippen LogP contribution < -0.4 is 5.73 Å². The molecule has 0 aliphatic heterocycles. The summed E-state index contributed by atoms with van der Waals surface area (Å²) in [6, 6.07) is 1.68. The van der Waals surface area contributed by atoms with Gasteiger partial charge in [0.2, 0.25) is 10.0 Å². The molecule has 0 bridgehead atoms. The molecule has 20 heavy (non-hydrogen) atoms. The molecular weight excluding hydrogens is 274 g/mol. The average Bonchev–Trinajstić information content (AvgIpc) is 2.71. The molecule has 0 atom stereocenters. The summed E-state index contributed by atoms with van der Waals surface area (Å²) in [5.41, 5.74) is 6.46. The molecule has 0 amide bonds. The molecule has 2 N–H and O–H groups in total. The third-order valence-corrected chi connectivity index (χ3v) is 4.81. The van der Waals surface area contributed by atoms with E-state index in [4.69, 9.17) is 5.73 Å². The molecule has 1 aromatic heterocycles. The minimum absolute atomic E-state index is 0.0789. The number of aryl methyl sites for hydroxylation is 1. The zero-order valence-electron chi connectivity index (χ0n) is 13.2. The second-order valence-corrected chi connectivity index (χ2v) is 8.43. The molecule has 0 radical (unpaired) electrons. The third kappa shape index (κ3) is 4.07. The predicted molar refractivity (Wildman–Crippen MR) is 81.9 cm³/mol. The van der Waals surface area contributed by atoms with Crippen LogP contribution in [-0.2, 0) is 23.1 Å². The molecule has 6 heteroatoms. The minimum atomic E-state index is -3.45. The molecule has 1 heterocycles. The van der Waals surface area contributed by atoms with Crippen molar-refractivity contribution in [2.24, 2.45) is 11.1 Å². The van der Waals surface area contributed by atoms with Gasteiger partial charge in [-0.15, -0.1) is 0 Å². The smallest absolute Gasteiger partial charge is 0.244 e. The van der Waals surface area contributed by atoms with Crippen LogP contribution in [0.25, 0.3) is 0 Å². The van der Waals surface area contributed by atoms with Crippen molar-refractivity contribution in [3.8, 4) is 0 Å². The molecule has 5 nitrogen and oxygen atoms in total. The fourth-order valence-electron chi connectivity index (χ4n) is 2.22. The van der Waals surface area contributed by atoms with E-state index in [1.54, 1.807) is 19.3 Å². The quantitative estimate of drug-likeness (QED) is 0.874. The van der Waals surface area contributed by atoms with Gasteiger partial charge in [-0.05, 0) is 17.9 Å². The maximum atomic E-state index is 12.6. The monoisotopic (exact) mass is 301 g/mol. The largest absolute Gasteiger partial charge is 0.349 e. The van der Waals surface area contributed by atoms with Gasteiger partial charge in [0.25, 0.3) is 0 Å². The molecule has 0 spiro atoms. The normalized spacial score (nSPS) is 13.2. The topological polar surface area (TPSA) is 68.3 Å². The van der Waals surface area contributed by atoms with E-state index in [0.717, 1.165) is 18.7 Å². The maximum absolute atomic E-state index is 12.6. The summed E-state index contributed by atoms with van der Waals surface area (Å²) < 4.78 is 28.5. The molecule has 116 valence electrons. The first-order chi connectivity index (χ1) is 9.11. The van der Waals surface area contributed by atoms with Crippen molar-refractivity contribution in [3.63, 3.8) is 0 Å². The van der Waals surface area contributed by atoms with Crippen molar-refractivity contribution in [1.29, 1.82) is 0 Å². The highest BCUT2D eigenvalue weighted by molar-refractivity contribution is 7.89. The van der Waals surface area contributed by atoms with Crippen LogP contribution in [0.15, 0.2) is 17.2 Å². The van der Waals surface area contributed by atoms with Crippen LogP contribution in [0.5, 0.6) is 0 Å². The van der Waals surface area contributed by atoms with Crippen molar-refractivity contribution >= 4 is 10.0 Å². The van der Waals surface area contributed by atoms with Gasteiger partial charge in [0.1, 0.15) is 4.90 Å². The van der Waals surface area contributed by atoms with Gasteiger partial charge in [0, 0.05) is 38.6 Å². The zero-order valence-corrected chi connectivity index (χ0v) is 14.0. The van der Waals surface area contributed by atoms with E-state index >= 15 is 0 Å². The van der Waals surface area contributed by atoms with E-state index in [1.807, 2.05) is 25.3 Å². The molecule has 1 rings (SSSR count). The van der Waals surface area contributed by atoms with Gasteiger partial charge >= 0.3 is 0 Å². The Labute approximate surface area is 122 Å². The lowest BCUT2D eigenvalue weighted by atomic mass is 9.97. The van der Waals surface area contributed by atoms with E-state index in [-0.39, 0.29) is 5.41 Å². The van der Waals surface area contributed by atoms with Crippen LogP contribution in [-0.4, -0.2) is 30.9 Å². The summed E-state index contributed by atoms with van der Waals surface area (Å²) in [7, 11) is -1.82. The second kappa shape index (κ2) is 6.28. The SMILES string of the molecule is CCCn1cc(S(=O)(=O)N(C)CC(C)(C)C)cc1CN. The number of nitrogens with zero attached hydrogens (tertiary/aromatic N) is 2. The average molecular weight is 301 g/mol. The van der Waals surface area contributed by atoms with Crippen LogP contribution >= 0.6 is 0 Å². The zero-order chi connectivity index (χ0) is 15.6. The lowest BCUT2D eigenvalue weighted by molar-refractivity contribution is 0.311. The Morgan fingerprint density at radius 2 is 1.95 bits per heavy atom. The first-order valence-electron chi connectivity index (χ1n) is 6.97. The molecule has 1 aromatic rings. The van der Waals surface area contributed by atoms with E-state index in [2.05, 4.69) is 6.92 Å². The van der Waals surface area contributed by atoms with Crippen molar-refractivity contribution in [2.45, 2.75) is 52.1 Å². The van der Waals surface area contributed by atoms with Crippen LogP contribution in [0, 0.1) is 5.41 Å². The molecule has 0 saturated carbocycles. The maximum Gasteiger partial charge on any atom is 0.244 e. The number of nitrogens with two attached hydrogens (primary N) is 1. The van der Waals surface area contributed by atoms with Gasteiger partial charge < -0.3 is 10.3 Å². The van der Waals surface area contributed by atoms with Crippen molar-refractivity contribution in [1.82, 2.24) is 8.87 Å². The summed E-state index contributed by atoms with van der Waals surface area (Å²) in [6.07, 6.45) is 2.64. The van der Waals surface area contributed by atoms with E-state index < -0.39 is 10.0 Å². The molecule has 0 aromatic carbocycles. The summed E-state index contributed by atoms with van der Waals surface area (Å²) in [5.74, 6) is 0. The lowest BCUT2D eigenvalue weighted by Crippen LogP contribution is -2.34. The first kappa shape index (κ1) is 17.2. The van der Waals surface area contributed by atoms with Gasteiger partial charge in [-0.1, -0.05) is 27.7 Å². The summed E-state index contributed by atoms with van der Waals surface area (Å²) in [6.45, 7) is 9.72. The van der Waals surface area contributed by atoms with Crippen molar-refractivity contribution < 1.29 is 8.42 Å². The molecule has 0 saturated heterocycles. The number of hydrogen-bond donors (Lipinski definition) is 1. The van der Waals surface area contributed by atoms with Crippen molar-refractivity contribution in [3.05, 3.63) is 18.0 Å².